The molecule has 3 aromatic carbocycles. The van der Waals surface area contributed by atoms with E-state index in [2.05, 4.69) is 48.1 Å². The first-order chi connectivity index (χ1) is 25.0. The molecule has 52 heavy (non-hydrogen) atoms. The Balaban J connectivity index is 1.14. The predicted molar refractivity (Wildman–Crippen MR) is 204 cm³/mol. The van der Waals surface area contributed by atoms with Crippen molar-refractivity contribution >= 4 is 33.4 Å². The van der Waals surface area contributed by atoms with Crippen molar-refractivity contribution in [3.05, 3.63) is 128 Å². The van der Waals surface area contributed by atoms with Gasteiger partial charge >= 0.3 is 5.69 Å². The minimum atomic E-state index is -0.407. The van der Waals surface area contributed by atoms with Crippen LogP contribution in [0, 0.1) is 19.3 Å². The molecule has 3 aliphatic rings. The lowest BCUT2D eigenvalue weighted by Crippen LogP contribution is -2.71. The van der Waals surface area contributed by atoms with E-state index in [9.17, 15) is 14.4 Å². The van der Waals surface area contributed by atoms with E-state index in [4.69, 9.17) is 0 Å². The van der Waals surface area contributed by atoms with E-state index in [0.717, 1.165) is 58.7 Å². The highest BCUT2D eigenvalue weighted by Gasteiger charge is 2.50. The third-order valence-electron chi connectivity index (χ3n) is 10.7. The molecular weight excluding hydrogens is 720 g/mol. The van der Waals surface area contributed by atoms with E-state index in [1.165, 1.54) is 4.57 Å². The van der Waals surface area contributed by atoms with Crippen LogP contribution in [0.5, 0.6) is 0 Å². The topological polar surface area (TPSA) is 109 Å². The number of nitrogens with zero attached hydrogens (tertiary/aromatic N) is 7. The van der Waals surface area contributed by atoms with E-state index < -0.39 is 5.91 Å². The average Bonchev–Trinajstić information content (AvgIpc) is 3.39. The molecule has 2 fully saturated rings. The van der Waals surface area contributed by atoms with Gasteiger partial charge in [0.25, 0.3) is 11.8 Å². The Morgan fingerprint density at radius 3 is 2.40 bits per heavy atom. The molecule has 1 N–H and O–H groups in total. The number of anilines is 1. The number of fused-ring (bicyclic) bond motifs is 1. The second-order valence-electron chi connectivity index (χ2n) is 14.7. The molecule has 0 saturated carbocycles. The van der Waals surface area contributed by atoms with E-state index in [-0.39, 0.29) is 43.0 Å². The number of nitrogens with one attached hydrogen (secondary N) is 1. The number of rotatable bonds is 7. The van der Waals surface area contributed by atoms with Crippen LogP contribution in [-0.2, 0) is 19.6 Å². The summed E-state index contributed by atoms with van der Waals surface area (Å²) in [6.07, 6.45) is 1.72. The number of benzene rings is 3. The van der Waals surface area contributed by atoms with Gasteiger partial charge in [0.2, 0.25) is 0 Å². The molecule has 12 heteroatoms. The summed E-state index contributed by atoms with van der Waals surface area (Å²) in [6.45, 7) is 10.6. The van der Waals surface area contributed by atoms with Gasteiger partial charge < -0.3 is 20.0 Å². The molecular formula is C40H41BrN8O3. The Kier molecular flexibility index (Phi) is 8.62. The number of carbonyl (C=O) groups excluding carboxylic acids is 2. The Bertz CT molecular complexity index is 2270. The highest BCUT2D eigenvalue weighted by molar-refractivity contribution is 9.10. The highest BCUT2D eigenvalue weighted by atomic mass is 79.9. The molecule has 5 heterocycles. The van der Waals surface area contributed by atoms with E-state index in [1.54, 1.807) is 21.7 Å². The first-order valence-electron chi connectivity index (χ1n) is 17.6. The van der Waals surface area contributed by atoms with Crippen molar-refractivity contribution in [2.45, 2.75) is 46.4 Å². The standard InChI is InChI=1S/C40H41BrN8O3/c1-25-17-28(9-14-33(25)41)38(51)47-20-34-35(37(50)43-18-29-7-5-6-8-32(29)36-42-16-15-26(2)44-36)49(39(52)48(34)19-27(47)3)31-12-10-30(11-13-31)46-23-40(24-46)21-45(4)22-40/h5-17,27H,18-24H2,1-4H3,(H,43,50). The third kappa shape index (κ3) is 6.03. The maximum atomic E-state index is 14.4. The van der Waals surface area contributed by atoms with Gasteiger partial charge in [-0.05, 0) is 87.5 Å². The molecule has 1 unspecified atom stereocenters. The Morgan fingerprint density at radius 2 is 1.69 bits per heavy atom. The molecule has 266 valence electrons. The van der Waals surface area contributed by atoms with Crippen LogP contribution in [0.15, 0.2) is 88.3 Å². The van der Waals surface area contributed by atoms with Gasteiger partial charge in [0, 0.05) is 83.9 Å². The van der Waals surface area contributed by atoms with Gasteiger partial charge in [-0.1, -0.05) is 40.2 Å². The van der Waals surface area contributed by atoms with Crippen LogP contribution in [0.4, 0.5) is 5.69 Å². The lowest BCUT2D eigenvalue weighted by molar-refractivity contribution is -0.00238. The number of amides is 2. The second kappa shape index (κ2) is 13.2. The van der Waals surface area contributed by atoms with Crippen molar-refractivity contribution < 1.29 is 9.59 Å². The lowest BCUT2D eigenvalue weighted by atomic mass is 9.73. The summed E-state index contributed by atoms with van der Waals surface area (Å²) in [6, 6.07) is 22.7. The smallest absolute Gasteiger partial charge is 0.333 e. The van der Waals surface area contributed by atoms with Gasteiger partial charge in [-0.15, -0.1) is 0 Å². The molecule has 1 atom stereocenters. The Hall–Kier alpha value is -5.07. The van der Waals surface area contributed by atoms with Crippen molar-refractivity contribution in [1.29, 1.82) is 0 Å². The molecule has 2 amide bonds. The highest BCUT2D eigenvalue weighted by Crippen LogP contribution is 2.41. The maximum absolute atomic E-state index is 14.4. The number of hydrogen-bond donors (Lipinski definition) is 1. The van der Waals surface area contributed by atoms with E-state index in [1.807, 2.05) is 87.5 Å². The van der Waals surface area contributed by atoms with Gasteiger partial charge in [0.15, 0.2) is 5.82 Å². The SMILES string of the molecule is Cc1ccnc(-c2ccccc2CNC(=O)c2c3n(c(=O)n2-c2ccc(N4CC5(CN(C)C5)C4)cc2)CC(C)N(C(=O)c2ccc(Br)c(C)c2)C3)n1. The number of likely N-dealkylation sites (tertiary alicyclic amines) is 1. The quantitative estimate of drug-likeness (QED) is 0.243. The monoisotopic (exact) mass is 760 g/mol. The van der Waals surface area contributed by atoms with Crippen molar-refractivity contribution in [2.75, 3.05) is 38.1 Å². The molecule has 5 aromatic rings. The minimum absolute atomic E-state index is 0.107. The zero-order valence-corrected chi connectivity index (χ0v) is 31.4. The third-order valence-corrected chi connectivity index (χ3v) is 11.5. The predicted octanol–water partition coefficient (Wildman–Crippen LogP) is 5.20. The number of imidazole rings is 1. The number of aryl methyl sites for hydroxylation is 2. The fraction of sp³-hybridized carbons (Fsp3) is 0.325. The molecule has 1 spiro atoms. The molecule has 11 nitrogen and oxygen atoms in total. The molecule has 0 aliphatic carbocycles. The molecule has 0 radical (unpaired) electrons. The minimum Gasteiger partial charge on any atom is -0.370 e. The summed E-state index contributed by atoms with van der Waals surface area (Å²) < 4.78 is 4.09. The molecule has 3 aliphatic heterocycles. The van der Waals surface area contributed by atoms with Crippen LogP contribution in [0.3, 0.4) is 0 Å². The van der Waals surface area contributed by atoms with Gasteiger partial charge in [-0.25, -0.2) is 14.8 Å². The van der Waals surface area contributed by atoms with E-state index >= 15 is 0 Å². The summed E-state index contributed by atoms with van der Waals surface area (Å²) in [7, 11) is 2.15. The first kappa shape index (κ1) is 34.0. The maximum Gasteiger partial charge on any atom is 0.333 e. The summed E-state index contributed by atoms with van der Waals surface area (Å²) in [5.41, 5.74) is 6.50. The van der Waals surface area contributed by atoms with Crippen molar-refractivity contribution in [1.82, 2.24) is 34.2 Å². The molecule has 2 aromatic heterocycles. The van der Waals surface area contributed by atoms with Crippen LogP contribution in [-0.4, -0.2) is 80.0 Å². The number of hydrogen-bond acceptors (Lipinski definition) is 7. The van der Waals surface area contributed by atoms with Gasteiger partial charge in [-0.2, -0.15) is 0 Å². The number of carbonyl (C=O) groups is 2. The van der Waals surface area contributed by atoms with Crippen molar-refractivity contribution in [2.24, 2.45) is 5.41 Å². The number of halogens is 1. The number of aromatic nitrogens is 4. The Labute approximate surface area is 311 Å². The fourth-order valence-electron chi connectivity index (χ4n) is 8.09. The summed E-state index contributed by atoms with van der Waals surface area (Å²) in [4.78, 5) is 58.2. The summed E-state index contributed by atoms with van der Waals surface area (Å²) in [5, 5.41) is 3.10. The zero-order valence-electron chi connectivity index (χ0n) is 29.8. The van der Waals surface area contributed by atoms with Crippen LogP contribution in [0.1, 0.15) is 50.3 Å². The average molecular weight is 762 g/mol. The lowest BCUT2D eigenvalue weighted by Gasteiger charge is -2.60. The normalized spacial score (nSPS) is 17.8. The first-order valence-corrected chi connectivity index (χ1v) is 18.4. The van der Waals surface area contributed by atoms with Crippen LogP contribution in [0.2, 0.25) is 0 Å². The Morgan fingerprint density at radius 1 is 0.962 bits per heavy atom. The van der Waals surface area contributed by atoms with Gasteiger partial charge in [-0.3, -0.25) is 18.7 Å². The van der Waals surface area contributed by atoms with Crippen LogP contribution in [0.25, 0.3) is 17.1 Å². The summed E-state index contributed by atoms with van der Waals surface area (Å²) >= 11 is 3.53. The molecule has 8 rings (SSSR count). The van der Waals surface area contributed by atoms with Crippen molar-refractivity contribution in [3.63, 3.8) is 0 Å². The fourth-order valence-corrected chi connectivity index (χ4v) is 8.34. The van der Waals surface area contributed by atoms with Gasteiger partial charge in [0.1, 0.15) is 5.69 Å². The largest absolute Gasteiger partial charge is 0.370 e. The van der Waals surface area contributed by atoms with Crippen molar-refractivity contribution in [3.8, 4) is 17.1 Å². The molecule has 0 bridgehead atoms. The molecule has 2 saturated heterocycles. The summed E-state index contributed by atoms with van der Waals surface area (Å²) in [5.74, 6) is 0.0179. The van der Waals surface area contributed by atoms with E-state index in [0.29, 0.717) is 28.2 Å². The zero-order chi connectivity index (χ0) is 36.3. The van der Waals surface area contributed by atoms with Crippen LogP contribution >= 0.6 is 15.9 Å². The van der Waals surface area contributed by atoms with Crippen LogP contribution < -0.4 is 15.9 Å². The van der Waals surface area contributed by atoms with Gasteiger partial charge in [0.05, 0.1) is 17.9 Å². The second-order valence-corrected chi connectivity index (χ2v) is 15.5.